The number of thioether (sulfide) groups is 1. The van der Waals surface area contributed by atoms with Crippen molar-refractivity contribution in [3.8, 4) is 0 Å². The molecule has 0 radical (unpaired) electrons. The molecule has 2 heterocycles. The Morgan fingerprint density at radius 2 is 2.20 bits per heavy atom. The number of aromatic nitrogens is 3. The van der Waals surface area contributed by atoms with Gasteiger partial charge >= 0.3 is 0 Å². The highest BCUT2D eigenvalue weighted by molar-refractivity contribution is 8.00. The highest BCUT2D eigenvalue weighted by atomic mass is 32.2. The molecular formula is C13H16N4O2S. The van der Waals surface area contributed by atoms with Crippen LogP contribution in [-0.2, 0) is 4.79 Å². The van der Waals surface area contributed by atoms with E-state index in [2.05, 4.69) is 20.4 Å². The normalized spacial score (nSPS) is 12.1. The molecule has 0 saturated heterocycles. The standard InChI is InChI=1S/C13H16N4O2S/c1-3-5-10(20-13-14-6-4-7-15-13)12(18)16-11-8-9(2)19-17-11/h4,6-8,10H,3,5H2,1-2H3,(H,16,17,18)/t10-/m0/s1. The Hall–Kier alpha value is -1.89. The molecule has 106 valence electrons. The monoisotopic (exact) mass is 292 g/mol. The summed E-state index contributed by atoms with van der Waals surface area (Å²) < 4.78 is 4.93. The van der Waals surface area contributed by atoms with Gasteiger partial charge in [0, 0.05) is 18.5 Å². The lowest BCUT2D eigenvalue weighted by Gasteiger charge is -2.13. The molecule has 0 aliphatic carbocycles. The number of carbonyl (C=O) groups excluding carboxylic acids is 1. The van der Waals surface area contributed by atoms with Crippen LogP contribution in [0.5, 0.6) is 0 Å². The molecule has 0 fully saturated rings. The Morgan fingerprint density at radius 1 is 1.45 bits per heavy atom. The smallest absolute Gasteiger partial charge is 0.239 e. The molecule has 0 unspecified atom stereocenters. The Morgan fingerprint density at radius 3 is 2.80 bits per heavy atom. The van der Waals surface area contributed by atoms with Crippen LogP contribution >= 0.6 is 11.8 Å². The maximum Gasteiger partial charge on any atom is 0.239 e. The number of amides is 1. The fraction of sp³-hybridized carbons (Fsp3) is 0.385. The Bertz CT molecular complexity index is 559. The SMILES string of the molecule is CCC[C@H](Sc1ncccn1)C(=O)Nc1cc(C)on1. The minimum atomic E-state index is -0.251. The minimum absolute atomic E-state index is 0.113. The summed E-state index contributed by atoms with van der Waals surface area (Å²) in [6.07, 6.45) is 4.97. The first kappa shape index (κ1) is 14.5. The quantitative estimate of drug-likeness (QED) is 0.651. The molecule has 6 nitrogen and oxygen atoms in total. The Kier molecular flexibility index (Phi) is 5.11. The molecule has 2 rings (SSSR count). The van der Waals surface area contributed by atoms with Crippen molar-refractivity contribution in [2.24, 2.45) is 0 Å². The second-order valence-corrected chi connectivity index (χ2v) is 5.41. The zero-order valence-corrected chi connectivity index (χ0v) is 12.2. The van der Waals surface area contributed by atoms with E-state index in [0.29, 0.717) is 16.7 Å². The van der Waals surface area contributed by atoms with Crippen molar-refractivity contribution < 1.29 is 9.32 Å². The van der Waals surface area contributed by atoms with E-state index in [0.717, 1.165) is 12.8 Å². The average molecular weight is 292 g/mol. The lowest BCUT2D eigenvalue weighted by Crippen LogP contribution is -2.25. The van der Waals surface area contributed by atoms with Gasteiger partial charge in [0.2, 0.25) is 5.91 Å². The Labute approximate surface area is 121 Å². The van der Waals surface area contributed by atoms with E-state index in [1.165, 1.54) is 11.8 Å². The van der Waals surface area contributed by atoms with Gasteiger partial charge in [-0.25, -0.2) is 9.97 Å². The number of hydrogen-bond donors (Lipinski definition) is 1. The van der Waals surface area contributed by atoms with Crippen LogP contribution in [0.4, 0.5) is 5.82 Å². The molecule has 2 aromatic rings. The van der Waals surface area contributed by atoms with Crippen molar-refractivity contribution in [3.05, 3.63) is 30.3 Å². The second kappa shape index (κ2) is 7.04. The second-order valence-electron chi connectivity index (χ2n) is 4.24. The lowest BCUT2D eigenvalue weighted by atomic mass is 10.2. The third-order valence-electron chi connectivity index (χ3n) is 2.51. The van der Waals surface area contributed by atoms with Crippen molar-refractivity contribution in [1.82, 2.24) is 15.1 Å². The van der Waals surface area contributed by atoms with Gasteiger partial charge < -0.3 is 9.84 Å². The van der Waals surface area contributed by atoms with Gasteiger partial charge in [0.15, 0.2) is 11.0 Å². The first-order chi connectivity index (χ1) is 9.69. The van der Waals surface area contributed by atoms with Crippen molar-refractivity contribution in [1.29, 1.82) is 0 Å². The third-order valence-corrected chi connectivity index (χ3v) is 3.67. The number of anilines is 1. The zero-order chi connectivity index (χ0) is 14.4. The highest BCUT2D eigenvalue weighted by Crippen LogP contribution is 2.24. The first-order valence-electron chi connectivity index (χ1n) is 6.37. The van der Waals surface area contributed by atoms with Gasteiger partial charge in [0.1, 0.15) is 5.76 Å². The van der Waals surface area contributed by atoms with Gasteiger partial charge in [0.05, 0.1) is 5.25 Å². The molecule has 0 spiro atoms. The first-order valence-corrected chi connectivity index (χ1v) is 7.25. The summed E-state index contributed by atoms with van der Waals surface area (Å²) in [7, 11) is 0. The summed E-state index contributed by atoms with van der Waals surface area (Å²) in [5, 5.41) is 6.85. The number of nitrogens with one attached hydrogen (secondary N) is 1. The topological polar surface area (TPSA) is 80.9 Å². The van der Waals surface area contributed by atoms with Gasteiger partial charge in [-0.15, -0.1) is 0 Å². The maximum absolute atomic E-state index is 12.2. The molecule has 1 atom stereocenters. The highest BCUT2D eigenvalue weighted by Gasteiger charge is 2.21. The summed E-state index contributed by atoms with van der Waals surface area (Å²) in [5.74, 6) is 0.979. The maximum atomic E-state index is 12.2. The number of aryl methyl sites for hydroxylation is 1. The summed E-state index contributed by atoms with van der Waals surface area (Å²) in [4.78, 5) is 20.5. The molecule has 0 aromatic carbocycles. The van der Waals surface area contributed by atoms with E-state index < -0.39 is 0 Å². The van der Waals surface area contributed by atoms with E-state index in [4.69, 9.17) is 4.52 Å². The average Bonchev–Trinajstić information content (AvgIpc) is 2.85. The van der Waals surface area contributed by atoms with Gasteiger partial charge in [0.25, 0.3) is 0 Å². The molecular weight excluding hydrogens is 276 g/mol. The largest absolute Gasteiger partial charge is 0.360 e. The van der Waals surface area contributed by atoms with Crippen LogP contribution in [0.15, 0.2) is 34.2 Å². The lowest BCUT2D eigenvalue weighted by molar-refractivity contribution is -0.115. The van der Waals surface area contributed by atoms with Crippen molar-refractivity contribution in [3.63, 3.8) is 0 Å². The van der Waals surface area contributed by atoms with Gasteiger partial charge in [-0.05, 0) is 19.4 Å². The molecule has 2 aromatic heterocycles. The fourth-order valence-corrected chi connectivity index (χ4v) is 2.63. The summed E-state index contributed by atoms with van der Waals surface area (Å²) in [6.45, 7) is 3.81. The van der Waals surface area contributed by atoms with Crippen LogP contribution in [0, 0.1) is 6.92 Å². The van der Waals surface area contributed by atoms with Crippen LogP contribution in [0.1, 0.15) is 25.5 Å². The molecule has 7 heteroatoms. The van der Waals surface area contributed by atoms with Crippen LogP contribution in [0.3, 0.4) is 0 Å². The molecule has 1 N–H and O–H groups in total. The molecule has 1 amide bonds. The van der Waals surface area contributed by atoms with Gasteiger partial charge in [-0.3, -0.25) is 4.79 Å². The van der Waals surface area contributed by atoms with Gasteiger partial charge in [-0.2, -0.15) is 0 Å². The summed E-state index contributed by atoms with van der Waals surface area (Å²) in [5.41, 5.74) is 0. The van der Waals surface area contributed by atoms with Crippen molar-refractivity contribution in [2.45, 2.75) is 37.1 Å². The summed E-state index contributed by atoms with van der Waals surface area (Å²) in [6, 6.07) is 3.43. The van der Waals surface area contributed by atoms with E-state index >= 15 is 0 Å². The number of rotatable bonds is 6. The van der Waals surface area contributed by atoms with Gasteiger partial charge in [-0.1, -0.05) is 30.3 Å². The van der Waals surface area contributed by atoms with E-state index in [1.807, 2.05) is 6.92 Å². The molecule has 20 heavy (non-hydrogen) atoms. The number of hydrogen-bond acceptors (Lipinski definition) is 6. The van der Waals surface area contributed by atoms with Crippen LogP contribution in [0.25, 0.3) is 0 Å². The van der Waals surface area contributed by atoms with E-state index in [1.54, 1.807) is 31.5 Å². The van der Waals surface area contributed by atoms with Crippen molar-refractivity contribution in [2.75, 3.05) is 5.32 Å². The third kappa shape index (κ3) is 4.06. The number of carbonyl (C=O) groups is 1. The van der Waals surface area contributed by atoms with Crippen LogP contribution in [-0.4, -0.2) is 26.3 Å². The number of nitrogens with zero attached hydrogens (tertiary/aromatic N) is 3. The zero-order valence-electron chi connectivity index (χ0n) is 11.4. The van der Waals surface area contributed by atoms with E-state index in [9.17, 15) is 4.79 Å². The van der Waals surface area contributed by atoms with Crippen LogP contribution in [0.2, 0.25) is 0 Å². The predicted octanol–water partition coefficient (Wildman–Crippen LogP) is 2.67. The van der Waals surface area contributed by atoms with Crippen LogP contribution < -0.4 is 5.32 Å². The molecule has 0 saturated carbocycles. The Balaban J connectivity index is 2.02. The summed E-state index contributed by atoms with van der Waals surface area (Å²) >= 11 is 1.35. The predicted molar refractivity (Wildman–Crippen MR) is 76.5 cm³/mol. The molecule has 0 aliphatic heterocycles. The minimum Gasteiger partial charge on any atom is -0.360 e. The van der Waals surface area contributed by atoms with Crippen molar-refractivity contribution >= 4 is 23.5 Å². The van der Waals surface area contributed by atoms with E-state index in [-0.39, 0.29) is 11.2 Å². The molecule has 0 aliphatic rings. The molecule has 0 bridgehead atoms. The fourth-order valence-electron chi connectivity index (χ4n) is 1.61.